The number of nitrogens with zero attached hydrogens (tertiary/aromatic N) is 3. The molecule has 1 aliphatic rings. The van der Waals surface area contributed by atoms with Crippen LogP contribution in [0.1, 0.15) is 40.9 Å². The van der Waals surface area contributed by atoms with E-state index in [1.807, 2.05) is 23.1 Å². The molecule has 2 heterocycles. The lowest BCUT2D eigenvalue weighted by Crippen LogP contribution is -2.31. The number of aromatic amines is 1. The van der Waals surface area contributed by atoms with Gasteiger partial charge in [0.2, 0.25) is 5.82 Å². The molecule has 1 aliphatic heterocycles. The lowest BCUT2D eigenvalue weighted by Gasteiger charge is -2.23. The summed E-state index contributed by atoms with van der Waals surface area (Å²) < 4.78 is 0. The van der Waals surface area contributed by atoms with Gasteiger partial charge < -0.3 is 4.90 Å². The van der Waals surface area contributed by atoms with Gasteiger partial charge in [-0.25, -0.2) is 4.98 Å². The van der Waals surface area contributed by atoms with Gasteiger partial charge in [-0.1, -0.05) is 30.3 Å². The maximum absolute atomic E-state index is 12.4. The Morgan fingerprint density at radius 1 is 1.37 bits per heavy atom. The number of hydrogen-bond acceptors (Lipinski definition) is 3. The molecule has 0 aliphatic carbocycles. The van der Waals surface area contributed by atoms with Crippen LogP contribution >= 0.6 is 0 Å². The Morgan fingerprint density at radius 2 is 2.16 bits per heavy atom. The summed E-state index contributed by atoms with van der Waals surface area (Å²) >= 11 is 0. The van der Waals surface area contributed by atoms with E-state index in [9.17, 15) is 4.79 Å². The van der Waals surface area contributed by atoms with Crippen LogP contribution in [0.15, 0.2) is 30.3 Å². The number of benzene rings is 1. The zero-order valence-corrected chi connectivity index (χ0v) is 10.8. The zero-order chi connectivity index (χ0) is 13.2. The zero-order valence-electron chi connectivity index (χ0n) is 10.8. The highest BCUT2D eigenvalue weighted by atomic mass is 16.2. The fourth-order valence-corrected chi connectivity index (χ4v) is 2.60. The number of aromatic nitrogens is 3. The molecule has 1 unspecified atom stereocenters. The number of amides is 1. The van der Waals surface area contributed by atoms with E-state index in [1.54, 1.807) is 6.92 Å². The second kappa shape index (κ2) is 4.84. The van der Waals surface area contributed by atoms with Crippen molar-refractivity contribution in [1.82, 2.24) is 20.1 Å². The minimum absolute atomic E-state index is 0.0873. The van der Waals surface area contributed by atoms with Crippen LogP contribution in [0.2, 0.25) is 0 Å². The molecule has 5 heteroatoms. The molecule has 1 amide bonds. The van der Waals surface area contributed by atoms with E-state index in [2.05, 4.69) is 27.3 Å². The van der Waals surface area contributed by atoms with Crippen LogP contribution < -0.4 is 0 Å². The number of nitrogens with one attached hydrogen (secondary N) is 1. The molecule has 3 rings (SSSR count). The summed E-state index contributed by atoms with van der Waals surface area (Å²) in [6, 6.07) is 10.3. The van der Waals surface area contributed by atoms with Gasteiger partial charge in [0.15, 0.2) is 0 Å². The van der Waals surface area contributed by atoms with Crippen molar-refractivity contribution >= 4 is 5.91 Å². The van der Waals surface area contributed by atoms with E-state index >= 15 is 0 Å². The van der Waals surface area contributed by atoms with Crippen molar-refractivity contribution in [1.29, 1.82) is 0 Å². The van der Waals surface area contributed by atoms with Crippen LogP contribution in [0.5, 0.6) is 0 Å². The summed E-state index contributed by atoms with van der Waals surface area (Å²) in [5, 5.41) is 6.68. The third kappa shape index (κ3) is 2.23. The van der Waals surface area contributed by atoms with Gasteiger partial charge in [-0.2, -0.15) is 0 Å². The summed E-state index contributed by atoms with van der Waals surface area (Å²) in [4.78, 5) is 18.4. The monoisotopic (exact) mass is 256 g/mol. The van der Waals surface area contributed by atoms with E-state index in [-0.39, 0.29) is 17.8 Å². The average molecular weight is 256 g/mol. The van der Waals surface area contributed by atoms with Crippen LogP contribution in [0.25, 0.3) is 0 Å². The minimum atomic E-state index is -0.0873. The van der Waals surface area contributed by atoms with Crippen molar-refractivity contribution in [3.05, 3.63) is 47.5 Å². The smallest absolute Gasteiger partial charge is 0.294 e. The van der Waals surface area contributed by atoms with Gasteiger partial charge in [-0.3, -0.25) is 9.89 Å². The summed E-state index contributed by atoms with van der Waals surface area (Å²) in [6.45, 7) is 2.56. The highest BCUT2D eigenvalue weighted by Crippen LogP contribution is 2.32. The molecule has 5 nitrogen and oxygen atoms in total. The molecule has 1 fully saturated rings. The molecule has 1 N–H and O–H groups in total. The van der Waals surface area contributed by atoms with Crippen molar-refractivity contribution in [2.75, 3.05) is 6.54 Å². The molecule has 0 bridgehead atoms. The third-order valence-corrected chi connectivity index (χ3v) is 3.49. The Balaban J connectivity index is 1.86. The number of hydrogen-bond donors (Lipinski definition) is 1. The van der Waals surface area contributed by atoms with E-state index in [0.717, 1.165) is 19.4 Å². The largest absolute Gasteiger partial charge is 0.329 e. The molecule has 1 atom stereocenters. The lowest BCUT2D eigenvalue weighted by atomic mass is 10.0. The highest BCUT2D eigenvalue weighted by molar-refractivity contribution is 5.90. The number of H-pyrrole nitrogens is 1. The van der Waals surface area contributed by atoms with Gasteiger partial charge in [-0.15, -0.1) is 5.10 Å². The second-order valence-electron chi connectivity index (χ2n) is 4.81. The first-order valence-corrected chi connectivity index (χ1v) is 6.50. The van der Waals surface area contributed by atoms with Crippen LogP contribution in [0.4, 0.5) is 0 Å². The molecule has 0 radical (unpaired) electrons. The van der Waals surface area contributed by atoms with Crippen LogP contribution in [-0.4, -0.2) is 32.5 Å². The fraction of sp³-hybridized carbons (Fsp3) is 0.357. The van der Waals surface area contributed by atoms with Crippen molar-refractivity contribution in [2.24, 2.45) is 0 Å². The Kier molecular flexibility index (Phi) is 3.03. The van der Waals surface area contributed by atoms with Crippen molar-refractivity contribution in [3.8, 4) is 0 Å². The molecule has 1 aromatic carbocycles. The molecule has 98 valence electrons. The fourth-order valence-electron chi connectivity index (χ4n) is 2.60. The van der Waals surface area contributed by atoms with Gasteiger partial charge in [0, 0.05) is 6.54 Å². The summed E-state index contributed by atoms with van der Waals surface area (Å²) in [5.41, 5.74) is 1.18. The number of carbonyl (C=O) groups excluding carboxylic acids is 1. The van der Waals surface area contributed by atoms with Crippen molar-refractivity contribution < 1.29 is 4.79 Å². The van der Waals surface area contributed by atoms with Gasteiger partial charge in [-0.05, 0) is 25.3 Å². The quantitative estimate of drug-likeness (QED) is 0.895. The molecule has 1 aromatic heterocycles. The van der Waals surface area contributed by atoms with Crippen LogP contribution in [-0.2, 0) is 0 Å². The minimum Gasteiger partial charge on any atom is -0.329 e. The number of carbonyl (C=O) groups is 1. The lowest BCUT2D eigenvalue weighted by molar-refractivity contribution is 0.0723. The first-order chi connectivity index (χ1) is 9.25. The second-order valence-corrected chi connectivity index (χ2v) is 4.81. The maximum Gasteiger partial charge on any atom is 0.294 e. The summed E-state index contributed by atoms with van der Waals surface area (Å²) in [7, 11) is 0. The Bertz CT molecular complexity index is 578. The molecule has 1 saturated heterocycles. The van der Waals surface area contributed by atoms with Gasteiger partial charge >= 0.3 is 0 Å². The van der Waals surface area contributed by atoms with E-state index < -0.39 is 0 Å². The number of rotatable bonds is 2. The Labute approximate surface area is 111 Å². The van der Waals surface area contributed by atoms with Gasteiger partial charge in [0.25, 0.3) is 5.91 Å². The first-order valence-electron chi connectivity index (χ1n) is 6.50. The van der Waals surface area contributed by atoms with Crippen molar-refractivity contribution in [3.63, 3.8) is 0 Å². The normalized spacial score (nSPS) is 18.8. The molecule has 19 heavy (non-hydrogen) atoms. The molecular formula is C14H16N4O. The van der Waals surface area contributed by atoms with Crippen LogP contribution in [0, 0.1) is 6.92 Å². The third-order valence-electron chi connectivity index (χ3n) is 3.49. The molecular weight excluding hydrogens is 240 g/mol. The van der Waals surface area contributed by atoms with Crippen molar-refractivity contribution in [2.45, 2.75) is 25.8 Å². The van der Waals surface area contributed by atoms with E-state index in [1.165, 1.54) is 5.56 Å². The Morgan fingerprint density at radius 3 is 2.84 bits per heavy atom. The molecule has 2 aromatic rings. The maximum atomic E-state index is 12.4. The molecule has 0 saturated carbocycles. The van der Waals surface area contributed by atoms with Gasteiger partial charge in [0.05, 0.1) is 6.04 Å². The molecule has 0 spiro atoms. The predicted octanol–water partition coefficient (Wildman–Crippen LogP) is 2.09. The first kappa shape index (κ1) is 11.9. The predicted molar refractivity (Wildman–Crippen MR) is 70.6 cm³/mol. The van der Waals surface area contributed by atoms with E-state index in [0.29, 0.717) is 5.82 Å². The number of likely N-dealkylation sites (tertiary alicyclic amines) is 1. The van der Waals surface area contributed by atoms with Crippen LogP contribution in [0.3, 0.4) is 0 Å². The average Bonchev–Trinajstić information content (AvgIpc) is 3.07. The standard InChI is InChI=1S/C14H16N4O/c1-10-15-13(17-16-10)14(19)18-9-5-8-12(18)11-6-3-2-4-7-11/h2-4,6-7,12H,5,8-9H2,1H3,(H,15,16,17). The Hall–Kier alpha value is -2.17. The topological polar surface area (TPSA) is 61.9 Å². The van der Waals surface area contributed by atoms with Gasteiger partial charge in [0.1, 0.15) is 5.82 Å². The number of aryl methyl sites for hydroxylation is 1. The highest BCUT2D eigenvalue weighted by Gasteiger charge is 2.32. The van der Waals surface area contributed by atoms with E-state index in [4.69, 9.17) is 0 Å². The SMILES string of the molecule is Cc1nc(C(=O)N2CCCC2c2ccccc2)n[nH]1. The summed E-state index contributed by atoms with van der Waals surface area (Å²) in [6.07, 6.45) is 2.02. The summed E-state index contributed by atoms with van der Waals surface area (Å²) in [5.74, 6) is 0.842.